The summed E-state index contributed by atoms with van der Waals surface area (Å²) in [4.78, 5) is 0. The van der Waals surface area contributed by atoms with E-state index in [-0.39, 0.29) is 0 Å². The minimum atomic E-state index is 0.419. The first-order valence-corrected chi connectivity index (χ1v) is 7.30. The van der Waals surface area contributed by atoms with E-state index >= 15 is 0 Å². The maximum absolute atomic E-state index is 4.48. The van der Waals surface area contributed by atoms with Crippen molar-refractivity contribution in [1.82, 2.24) is 15.1 Å². The van der Waals surface area contributed by atoms with Crippen LogP contribution >= 0.6 is 0 Å². The van der Waals surface area contributed by atoms with Gasteiger partial charge in [0.25, 0.3) is 0 Å². The first-order chi connectivity index (χ1) is 8.57. The fourth-order valence-electron chi connectivity index (χ4n) is 3.04. The quantitative estimate of drug-likeness (QED) is 0.837. The van der Waals surface area contributed by atoms with Gasteiger partial charge in [-0.15, -0.1) is 0 Å². The van der Waals surface area contributed by atoms with Crippen molar-refractivity contribution in [3.05, 3.63) is 17.5 Å². The average molecular weight is 247 g/mol. The van der Waals surface area contributed by atoms with Crippen molar-refractivity contribution >= 4 is 0 Å². The Morgan fingerprint density at radius 3 is 2.61 bits per heavy atom. The van der Waals surface area contributed by atoms with Gasteiger partial charge in [-0.3, -0.25) is 4.68 Å². The number of nitrogens with zero attached hydrogens (tertiary/aromatic N) is 2. The topological polar surface area (TPSA) is 29.9 Å². The molecule has 0 radical (unpaired) electrons. The molecule has 1 heterocycles. The summed E-state index contributed by atoms with van der Waals surface area (Å²) in [5.41, 5.74) is 2.95. The second kappa shape index (κ2) is 4.37. The summed E-state index contributed by atoms with van der Waals surface area (Å²) in [5.74, 6) is 0.916. The molecule has 3 heteroatoms. The molecule has 0 spiro atoms. The Balaban J connectivity index is 1.70. The Morgan fingerprint density at radius 1 is 1.39 bits per heavy atom. The van der Waals surface area contributed by atoms with Gasteiger partial charge >= 0.3 is 0 Å². The van der Waals surface area contributed by atoms with Gasteiger partial charge in [0.1, 0.15) is 0 Å². The van der Waals surface area contributed by atoms with Gasteiger partial charge in [0, 0.05) is 25.3 Å². The molecule has 2 aliphatic carbocycles. The van der Waals surface area contributed by atoms with E-state index in [0.29, 0.717) is 5.41 Å². The largest absolute Gasteiger partial charge is 0.313 e. The molecule has 1 N–H and O–H groups in total. The van der Waals surface area contributed by atoms with E-state index < -0.39 is 0 Å². The van der Waals surface area contributed by atoms with Crippen LogP contribution in [0.25, 0.3) is 0 Å². The summed E-state index contributed by atoms with van der Waals surface area (Å²) < 4.78 is 2.06. The van der Waals surface area contributed by atoms with Crippen LogP contribution < -0.4 is 5.32 Å². The Hall–Kier alpha value is -0.830. The van der Waals surface area contributed by atoms with E-state index in [0.717, 1.165) is 24.1 Å². The lowest BCUT2D eigenvalue weighted by molar-refractivity contribution is 0.249. The van der Waals surface area contributed by atoms with Crippen molar-refractivity contribution in [3.8, 4) is 0 Å². The molecule has 100 valence electrons. The number of rotatable bonds is 6. The maximum atomic E-state index is 4.48. The molecule has 0 bridgehead atoms. The van der Waals surface area contributed by atoms with Crippen LogP contribution in [-0.2, 0) is 13.5 Å². The first-order valence-electron chi connectivity index (χ1n) is 7.30. The molecular formula is C15H25N3. The van der Waals surface area contributed by atoms with Crippen LogP contribution in [0, 0.1) is 18.3 Å². The van der Waals surface area contributed by atoms with Gasteiger partial charge in [-0.2, -0.15) is 5.10 Å². The minimum Gasteiger partial charge on any atom is -0.313 e. The molecule has 2 aliphatic rings. The van der Waals surface area contributed by atoms with Crippen LogP contribution in [0.4, 0.5) is 0 Å². The summed E-state index contributed by atoms with van der Waals surface area (Å²) in [6.07, 6.45) is 6.76. The number of aryl methyl sites for hydroxylation is 2. The van der Waals surface area contributed by atoms with Crippen LogP contribution in [0.5, 0.6) is 0 Å². The van der Waals surface area contributed by atoms with Crippen molar-refractivity contribution in [2.75, 3.05) is 6.54 Å². The molecule has 3 nitrogen and oxygen atoms in total. The number of nitrogens with one attached hydrogen (secondary N) is 1. The van der Waals surface area contributed by atoms with Gasteiger partial charge in [-0.05, 0) is 56.4 Å². The third kappa shape index (κ3) is 2.61. The molecule has 0 aromatic carbocycles. The van der Waals surface area contributed by atoms with Gasteiger partial charge in [0.15, 0.2) is 0 Å². The third-order valence-electron chi connectivity index (χ3n) is 4.62. The van der Waals surface area contributed by atoms with Crippen molar-refractivity contribution in [2.24, 2.45) is 18.4 Å². The highest BCUT2D eigenvalue weighted by Gasteiger charge is 2.42. The van der Waals surface area contributed by atoms with Crippen LogP contribution in [0.3, 0.4) is 0 Å². The molecule has 0 saturated heterocycles. The predicted molar refractivity (Wildman–Crippen MR) is 73.5 cm³/mol. The molecule has 1 atom stereocenters. The first kappa shape index (κ1) is 12.2. The van der Waals surface area contributed by atoms with E-state index in [1.807, 2.05) is 0 Å². The van der Waals surface area contributed by atoms with Crippen LogP contribution in [0.2, 0.25) is 0 Å². The van der Waals surface area contributed by atoms with Gasteiger partial charge in [-0.25, -0.2) is 0 Å². The monoisotopic (exact) mass is 247 g/mol. The van der Waals surface area contributed by atoms with Crippen molar-refractivity contribution in [2.45, 2.75) is 52.0 Å². The Labute approximate surface area is 110 Å². The number of aromatic nitrogens is 2. The summed E-state index contributed by atoms with van der Waals surface area (Å²) in [7, 11) is 2.07. The molecular weight excluding hydrogens is 222 g/mol. The van der Waals surface area contributed by atoms with E-state index in [4.69, 9.17) is 0 Å². The van der Waals surface area contributed by atoms with Crippen LogP contribution in [0.15, 0.2) is 6.07 Å². The summed E-state index contributed by atoms with van der Waals surface area (Å²) in [5, 5.41) is 8.21. The normalized spacial score (nSPS) is 23.1. The Morgan fingerprint density at radius 2 is 2.11 bits per heavy atom. The lowest BCUT2D eigenvalue weighted by Gasteiger charge is -2.30. The lowest BCUT2D eigenvalue weighted by atomic mass is 9.80. The van der Waals surface area contributed by atoms with Crippen molar-refractivity contribution in [3.63, 3.8) is 0 Å². The maximum Gasteiger partial charge on any atom is 0.0596 e. The van der Waals surface area contributed by atoms with Gasteiger partial charge < -0.3 is 5.32 Å². The summed E-state index contributed by atoms with van der Waals surface area (Å²) in [6, 6.07) is 3.06. The van der Waals surface area contributed by atoms with E-state index in [1.54, 1.807) is 0 Å². The fraction of sp³-hybridized carbons (Fsp3) is 0.800. The van der Waals surface area contributed by atoms with Crippen molar-refractivity contribution in [1.29, 1.82) is 0 Å². The standard InChI is InChI=1S/C15H25N3/c1-11-8-14(18(3)17-11)9-15(2,12-4-5-12)10-16-13-6-7-13/h8,12-13,16H,4-7,9-10H2,1-3H3. The van der Waals surface area contributed by atoms with Gasteiger partial charge in [0.05, 0.1) is 5.69 Å². The molecule has 1 unspecified atom stereocenters. The fourth-order valence-corrected chi connectivity index (χ4v) is 3.04. The highest BCUT2D eigenvalue weighted by atomic mass is 15.3. The molecule has 2 saturated carbocycles. The lowest BCUT2D eigenvalue weighted by Crippen LogP contribution is -2.37. The zero-order chi connectivity index (χ0) is 12.8. The highest BCUT2D eigenvalue weighted by molar-refractivity contribution is 5.12. The van der Waals surface area contributed by atoms with Gasteiger partial charge in [-0.1, -0.05) is 6.92 Å². The molecule has 2 fully saturated rings. The second-order valence-corrected chi connectivity index (χ2v) is 6.66. The van der Waals surface area contributed by atoms with E-state index in [2.05, 4.69) is 42.1 Å². The predicted octanol–water partition coefficient (Wildman–Crippen LogP) is 2.44. The molecule has 18 heavy (non-hydrogen) atoms. The van der Waals surface area contributed by atoms with E-state index in [9.17, 15) is 0 Å². The second-order valence-electron chi connectivity index (χ2n) is 6.66. The van der Waals surface area contributed by atoms with Crippen molar-refractivity contribution < 1.29 is 0 Å². The smallest absolute Gasteiger partial charge is 0.0596 e. The minimum absolute atomic E-state index is 0.419. The molecule has 1 aromatic heterocycles. The van der Waals surface area contributed by atoms with Gasteiger partial charge in [0.2, 0.25) is 0 Å². The zero-order valence-electron chi connectivity index (χ0n) is 11.9. The van der Waals surface area contributed by atoms with E-state index in [1.165, 1.54) is 37.9 Å². The SMILES string of the molecule is Cc1cc(CC(C)(CNC2CC2)C2CC2)n(C)n1. The summed E-state index contributed by atoms with van der Waals surface area (Å²) in [6.45, 7) is 5.72. The third-order valence-corrected chi connectivity index (χ3v) is 4.62. The van der Waals surface area contributed by atoms with Crippen LogP contribution in [-0.4, -0.2) is 22.4 Å². The average Bonchev–Trinajstić information content (AvgIpc) is 3.17. The Bertz CT molecular complexity index is 429. The van der Waals surface area contributed by atoms with Crippen LogP contribution in [0.1, 0.15) is 44.0 Å². The molecule has 3 rings (SSSR count). The molecule has 0 aliphatic heterocycles. The highest BCUT2D eigenvalue weighted by Crippen LogP contribution is 2.47. The zero-order valence-corrected chi connectivity index (χ0v) is 11.9. The summed E-state index contributed by atoms with van der Waals surface area (Å²) >= 11 is 0. The Kier molecular flexibility index (Phi) is 2.97. The number of hydrogen-bond acceptors (Lipinski definition) is 2. The molecule has 0 amide bonds. The number of hydrogen-bond donors (Lipinski definition) is 1. The molecule has 1 aromatic rings.